The number of nitrogens with one attached hydrogen (secondary N) is 2. The van der Waals surface area contributed by atoms with Crippen molar-refractivity contribution >= 4 is 17.5 Å². The van der Waals surface area contributed by atoms with Gasteiger partial charge in [-0.25, -0.2) is 9.78 Å². The van der Waals surface area contributed by atoms with Gasteiger partial charge in [0.1, 0.15) is 5.82 Å². The van der Waals surface area contributed by atoms with Gasteiger partial charge in [-0.1, -0.05) is 6.42 Å². The van der Waals surface area contributed by atoms with Gasteiger partial charge in [-0.05, 0) is 44.7 Å². The van der Waals surface area contributed by atoms with E-state index in [0.717, 1.165) is 43.5 Å². The van der Waals surface area contributed by atoms with Crippen LogP contribution >= 0.6 is 0 Å². The van der Waals surface area contributed by atoms with Crippen molar-refractivity contribution < 1.29 is 9.53 Å². The van der Waals surface area contributed by atoms with E-state index in [9.17, 15) is 4.79 Å². The Kier molecular flexibility index (Phi) is 5.00. The Hall–Kier alpha value is -1.82. The first-order chi connectivity index (χ1) is 11.1. The van der Waals surface area contributed by atoms with Crippen molar-refractivity contribution in [1.82, 2.24) is 10.3 Å². The van der Waals surface area contributed by atoms with E-state index in [4.69, 9.17) is 4.74 Å². The molecule has 1 aliphatic heterocycles. The Morgan fingerprint density at radius 1 is 1.35 bits per heavy atom. The molecular weight excluding hydrogens is 292 g/mol. The Bertz CT molecular complexity index is 554. The number of nitrogens with zero attached hydrogens (tertiary/aromatic N) is 2. The molecule has 0 unspecified atom stereocenters. The molecule has 0 bridgehead atoms. The summed E-state index contributed by atoms with van der Waals surface area (Å²) in [6, 6.07) is 3.97. The summed E-state index contributed by atoms with van der Waals surface area (Å²) < 4.78 is 5.36. The summed E-state index contributed by atoms with van der Waals surface area (Å²) in [6.45, 7) is 7.20. The van der Waals surface area contributed by atoms with Crippen LogP contribution in [-0.4, -0.2) is 43.4 Å². The summed E-state index contributed by atoms with van der Waals surface area (Å²) in [5.41, 5.74) is 1.60. The summed E-state index contributed by atoms with van der Waals surface area (Å²) in [6.07, 6.45) is 3.72. The third-order valence-electron chi connectivity index (χ3n) is 4.87. The van der Waals surface area contributed by atoms with E-state index >= 15 is 0 Å². The molecule has 6 nitrogen and oxygen atoms in total. The highest BCUT2D eigenvalue weighted by atomic mass is 16.5. The Labute approximate surface area is 137 Å². The summed E-state index contributed by atoms with van der Waals surface area (Å²) >= 11 is 0. The van der Waals surface area contributed by atoms with Crippen molar-refractivity contribution in [2.45, 2.75) is 39.2 Å². The minimum Gasteiger partial charge on any atom is -0.378 e. The lowest BCUT2D eigenvalue weighted by atomic mass is 9.80. The second-order valence-electron chi connectivity index (χ2n) is 6.48. The molecule has 0 radical (unpaired) electrons. The van der Waals surface area contributed by atoms with E-state index < -0.39 is 0 Å². The summed E-state index contributed by atoms with van der Waals surface area (Å²) in [5, 5.41) is 5.95. The second kappa shape index (κ2) is 7.17. The molecular formula is C17H26N4O2. The molecule has 2 aliphatic rings. The maximum absolute atomic E-state index is 12.1. The van der Waals surface area contributed by atoms with Crippen molar-refractivity contribution in [2.24, 2.45) is 5.92 Å². The van der Waals surface area contributed by atoms with Gasteiger partial charge in [0.2, 0.25) is 0 Å². The second-order valence-corrected chi connectivity index (χ2v) is 6.48. The smallest absolute Gasteiger partial charge is 0.319 e. The Morgan fingerprint density at radius 3 is 2.70 bits per heavy atom. The van der Waals surface area contributed by atoms with Gasteiger partial charge < -0.3 is 20.3 Å². The van der Waals surface area contributed by atoms with Crippen LogP contribution < -0.4 is 15.5 Å². The molecule has 2 amide bonds. The number of amides is 2. The van der Waals surface area contributed by atoms with Crippen LogP contribution in [0.15, 0.2) is 12.1 Å². The van der Waals surface area contributed by atoms with Gasteiger partial charge in [0.15, 0.2) is 0 Å². The molecule has 1 aromatic heterocycles. The van der Waals surface area contributed by atoms with E-state index in [1.165, 1.54) is 19.3 Å². The number of morpholine rings is 1. The third-order valence-corrected chi connectivity index (χ3v) is 4.87. The van der Waals surface area contributed by atoms with Gasteiger partial charge in [0.05, 0.1) is 24.6 Å². The molecule has 2 fully saturated rings. The first-order valence-electron chi connectivity index (χ1n) is 8.51. The maximum atomic E-state index is 12.1. The van der Waals surface area contributed by atoms with Crippen LogP contribution in [-0.2, 0) is 4.74 Å². The maximum Gasteiger partial charge on any atom is 0.319 e. The molecule has 0 spiro atoms. The van der Waals surface area contributed by atoms with Crippen molar-refractivity contribution in [1.29, 1.82) is 0 Å². The highest BCUT2D eigenvalue weighted by Gasteiger charge is 2.25. The number of rotatable bonds is 4. The quantitative estimate of drug-likeness (QED) is 0.895. The predicted molar refractivity (Wildman–Crippen MR) is 91.0 cm³/mol. The normalized spacial score (nSPS) is 19.8. The summed E-state index contributed by atoms with van der Waals surface area (Å²) in [7, 11) is 0. The summed E-state index contributed by atoms with van der Waals surface area (Å²) in [5.74, 6) is 1.57. The average molecular weight is 318 g/mol. The number of hydrogen-bond acceptors (Lipinski definition) is 4. The Balaban J connectivity index is 1.57. The van der Waals surface area contributed by atoms with Crippen LogP contribution in [0.1, 0.15) is 31.9 Å². The molecule has 3 rings (SSSR count). The molecule has 2 heterocycles. The lowest BCUT2D eigenvalue weighted by Gasteiger charge is -2.32. The zero-order chi connectivity index (χ0) is 16.2. The van der Waals surface area contributed by atoms with Crippen LogP contribution in [0.25, 0.3) is 0 Å². The van der Waals surface area contributed by atoms with Crippen molar-refractivity contribution in [3.63, 3.8) is 0 Å². The number of aryl methyl sites for hydroxylation is 1. The van der Waals surface area contributed by atoms with Crippen molar-refractivity contribution in [3.05, 3.63) is 17.8 Å². The highest BCUT2D eigenvalue weighted by molar-refractivity contribution is 5.90. The number of ether oxygens (including phenoxy) is 1. The molecule has 1 saturated heterocycles. The van der Waals surface area contributed by atoms with Gasteiger partial charge in [0, 0.05) is 19.1 Å². The minimum atomic E-state index is -0.145. The van der Waals surface area contributed by atoms with E-state index in [-0.39, 0.29) is 12.1 Å². The van der Waals surface area contributed by atoms with E-state index in [2.05, 4.69) is 27.4 Å². The molecule has 1 aliphatic carbocycles. The highest BCUT2D eigenvalue weighted by Crippen LogP contribution is 2.29. The number of aromatic nitrogens is 1. The van der Waals surface area contributed by atoms with Crippen LogP contribution in [0.3, 0.4) is 0 Å². The summed E-state index contributed by atoms with van der Waals surface area (Å²) in [4.78, 5) is 19.0. The number of urea groups is 1. The Morgan fingerprint density at radius 2 is 2.09 bits per heavy atom. The van der Waals surface area contributed by atoms with Crippen molar-refractivity contribution in [2.75, 3.05) is 36.5 Å². The average Bonchev–Trinajstić information content (AvgIpc) is 2.48. The predicted octanol–water partition coefficient (Wildman–Crippen LogP) is 2.54. The first-order valence-corrected chi connectivity index (χ1v) is 8.51. The zero-order valence-electron chi connectivity index (χ0n) is 14.0. The van der Waals surface area contributed by atoms with Gasteiger partial charge in [-0.2, -0.15) is 0 Å². The fourth-order valence-corrected chi connectivity index (χ4v) is 3.07. The van der Waals surface area contributed by atoms with Crippen LogP contribution in [0.4, 0.5) is 16.3 Å². The van der Waals surface area contributed by atoms with Gasteiger partial charge in [-0.3, -0.25) is 0 Å². The fraction of sp³-hybridized carbons (Fsp3) is 0.647. The standard InChI is InChI=1S/C17H26N4O2/c1-12(14-4-3-5-14)19-17(22)20-15-6-7-16(18-13(15)2)21-8-10-23-11-9-21/h6-7,12,14H,3-5,8-11H2,1-2H3,(H2,19,20,22)/t12-/m0/s1. The molecule has 1 atom stereocenters. The molecule has 126 valence electrons. The molecule has 23 heavy (non-hydrogen) atoms. The lowest BCUT2D eigenvalue weighted by Crippen LogP contribution is -2.42. The van der Waals surface area contributed by atoms with E-state index in [0.29, 0.717) is 5.92 Å². The molecule has 1 aromatic rings. The number of pyridine rings is 1. The van der Waals surface area contributed by atoms with Gasteiger partial charge in [-0.15, -0.1) is 0 Å². The number of carbonyl (C=O) groups is 1. The van der Waals surface area contributed by atoms with Crippen LogP contribution in [0, 0.1) is 12.8 Å². The number of hydrogen-bond donors (Lipinski definition) is 2. The first kappa shape index (κ1) is 16.1. The molecule has 0 aromatic carbocycles. The third kappa shape index (κ3) is 3.93. The molecule has 2 N–H and O–H groups in total. The fourth-order valence-electron chi connectivity index (χ4n) is 3.07. The number of carbonyl (C=O) groups excluding carboxylic acids is 1. The zero-order valence-corrected chi connectivity index (χ0v) is 14.0. The van der Waals surface area contributed by atoms with Crippen LogP contribution in [0.2, 0.25) is 0 Å². The molecule has 1 saturated carbocycles. The van der Waals surface area contributed by atoms with Crippen molar-refractivity contribution in [3.8, 4) is 0 Å². The van der Waals surface area contributed by atoms with Gasteiger partial charge in [0.25, 0.3) is 0 Å². The minimum absolute atomic E-state index is 0.145. The monoisotopic (exact) mass is 318 g/mol. The number of anilines is 2. The lowest BCUT2D eigenvalue weighted by molar-refractivity contribution is 0.122. The topological polar surface area (TPSA) is 66.5 Å². The SMILES string of the molecule is Cc1nc(N2CCOCC2)ccc1NC(=O)N[C@@H](C)C1CCC1. The van der Waals surface area contributed by atoms with E-state index in [1.54, 1.807) is 0 Å². The largest absolute Gasteiger partial charge is 0.378 e. The van der Waals surface area contributed by atoms with E-state index in [1.807, 2.05) is 19.1 Å². The van der Waals surface area contributed by atoms with Crippen LogP contribution in [0.5, 0.6) is 0 Å². The van der Waals surface area contributed by atoms with Gasteiger partial charge >= 0.3 is 6.03 Å². The molecule has 6 heteroatoms.